The van der Waals surface area contributed by atoms with Crippen LogP contribution < -0.4 is 5.32 Å². The summed E-state index contributed by atoms with van der Waals surface area (Å²) in [6.07, 6.45) is 11.2. The Morgan fingerprint density at radius 3 is 3.00 bits per heavy atom. The van der Waals surface area contributed by atoms with E-state index in [4.69, 9.17) is 0 Å². The third-order valence-electron chi connectivity index (χ3n) is 2.74. The molecule has 0 aromatic carbocycles. The number of nitrogens with one attached hydrogen (secondary N) is 1. The van der Waals surface area contributed by atoms with Crippen LogP contribution in [0.5, 0.6) is 0 Å². The first-order valence-corrected chi connectivity index (χ1v) is 7.52. The molecule has 0 bridgehead atoms. The molecular weight excluding hydrogens is 254 g/mol. The number of unbranched alkanes of at least 4 members (excludes halogenated alkanes) is 2. The van der Waals surface area contributed by atoms with Crippen LogP contribution in [-0.2, 0) is 6.54 Å². The lowest BCUT2D eigenvalue weighted by atomic mass is 10.2. The van der Waals surface area contributed by atoms with E-state index in [2.05, 4.69) is 51.9 Å². The van der Waals surface area contributed by atoms with E-state index in [1.165, 1.54) is 17.7 Å². The van der Waals surface area contributed by atoms with Gasteiger partial charge in [-0.25, -0.2) is 4.98 Å². The van der Waals surface area contributed by atoms with Crippen molar-refractivity contribution in [2.75, 3.05) is 5.32 Å². The van der Waals surface area contributed by atoms with Crippen molar-refractivity contribution in [3.63, 3.8) is 0 Å². The van der Waals surface area contributed by atoms with Crippen LogP contribution in [0.3, 0.4) is 0 Å². The number of rotatable bonds is 7. The van der Waals surface area contributed by atoms with E-state index < -0.39 is 0 Å². The van der Waals surface area contributed by atoms with Crippen molar-refractivity contribution in [3.8, 4) is 0 Å². The van der Waals surface area contributed by atoms with Gasteiger partial charge in [0.05, 0.1) is 6.54 Å². The Morgan fingerprint density at radius 1 is 1.32 bits per heavy atom. The average Bonchev–Trinajstić information content (AvgIpc) is 2.96. The van der Waals surface area contributed by atoms with E-state index in [9.17, 15) is 0 Å². The summed E-state index contributed by atoms with van der Waals surface area (Å²) >= 11 is 1.74. The summed E-state index contributed by atoms with van der Waals surface area (Å²) in [4.78, 5) is 10.0. The maximum Gasteiger partial charge on any atom is 0.152 e. The highest BCUT2D eigenvalue weighted by Crippen LogP contribution is 2.15. The fraction of sp³-hybridized carbons (Fsp3) is 0.333. The predicted molar refractivity (Wildman–Crippen MR) is 82.2 cm³/mol. The van der Waals surface area contributed by atoms with Crippen molar-refractivity contribution < 1.29 is 0 Å². The quantitative estimate of drug-likeness (QED) is 0.762. The summed E-state index contributed by atoms with van der Waals surface area (Å²) in [7, 11) is 0. The molecule has 2 aromatic rings. The molecule has 0 aliphatic rings. The molecule has 2 rings (SSSR count). The molecule has 100 valence electrons. The van der Waals surface area contributed by atoms with E-state index in [1.54, 1.807) is 23.7 Å². The maximum atomic E-state index is 4.37. The Kier molecular flexibility index (Phi) is 5.56. The number of hydrogen-bond acceptors (Lipinski definition) is 4. The van der Waals surface area contributed by atoms with E-state index in [0.717, 1.165) is 24.5 Å². The van der Waals surface area contributed by atoms with Crippen LogP contribution in [0.4, 0.5) is 5.82 Å². The van der Waals surface area contributed by atoms with Gasteiger partial charge in [0.15, 0.2) is 5.82 Å². The number of aromatic nitrogens is 2. The molecule has 2 heterocycles. The molecule has 19 heavy (non-hydrogen) atoms. The Labute approximate surface area is 118 Å². The molecule has 0 saturated carbocycles. The topological polar surface area (TPSA) is 37.8 Å². The van der Waals surface area contributed by atoms with Crippen LogP contribution in [-0.4, -0.2) is 9.97 Å². The van der Waals surface area contributed by atoms with Gasteiger partial charge in [0.25, 0.3) is 0 Å². The van der Waals surface area contributed by atoms with Crippen LogP contribution in [0.25, 0.3) is 6.08 Å². The Hall–Kier alpha value is -1.68. The summed E-state index contributed by atoms with van der Waals surface area (Å²) < 4.78 is 0. The minimum atomic E-state index is 0.798. The van der Waals surface area contributed by atoms with Gasteiger partial charge >= 0.3 is 0 Å². The first-order chi connectivity index (χ1) is 9.40. The van der Waals surface area contributed by atoms with Gasteiger partial charge in [0.2, 0.25) is 0 Å². The van der Waals surface area contributed by atoms with Crippen LogP contribution in [0.2, 0.25) is 0 Å². The zero-order chi connectivity index (χ0) is 13.3. The summed E-state index contributed by atoms with van der Waals surface area (Å²) in [5.41, 5.74) is 0.912. The maximum absolute atomic E-state index is 4.37. The SMILES string of the molecule is CCCC/C=C/c1nccnc1NCc1cccs1. The predicted octanol–water partition coefficient (Wildman–Crippen LogP) is 4.35. The first kappa shape index (κ1) is 13.7. The zero-order valence-electron chi connectivity index (χ0n) is 11.2. The molecule has 0 unspecified atom stereocenters. The molecule has 4 heteroatoms. The fourth-order valence-electron chi connectivity index (χ4n) is 1.71. The lowest BCUT2D eigenvalue weighted by Gasteiger charge is -2.06. The smallest absolute Gasteiger partial charge is 0.152 e. The van der Waals surface area contributed by atoms with Gasteiger partial charge in [-0.1, -0.05) is 31.9 Å². The normalized spacial score (nSPS) is 11.0. The third kappa shape index (κ3) is 4.48. The minimum absolute atomic E-state index is 0.798. The molecule has 0 spiro atoms. The molecule has 2 aromatic heterocycles. The zero-order valence-corrected chi connectivity index (χ0v) is 12.0. The largest absolute Gasteiger partial charge is 0.363 e. The summed E-state index contributed by atoms with van der Waals surface area (Å²) in [5.74, 6) is 0.851. The summed E-state index contributed by atoms with van der Waals surface area (Å²) in [6.45, 7) is 3.00. The second-order valence-electron chi connectivity index (χ2n) is 4.27. The van der Waals surface area contributed by atoms with Gasteiger partial charge in [0, 0.05) is 17.3 Å². The van der Waals surface area contributed by atoms with Gasteiger partial charge in [-0.3, -0.25) is 4.98 Å². The second kappa shape index (κ2) is 7.69. The number of allylic oxidation sites excluding steroid dienone is 1. The molecule has 0 fully saturated rings. The Morgan fingerprint density at radius 2 is 2.21 bits per heavy atom. The second-order valence-corrected chi connectivity index (χ2v) is 5.30. The van der Waals surface area contributed by atoms with Crippen LogP contribution >= 0.6 is 11.3 Å². The molecule has 0 aliphatic heterocycles. The van der Waals surface area contributed by atoms with E-state index in [1.807, 2.05) is 0 Å². The van der Waals surface area contributed by atoms with Gasteiger partial charge in [-0.2, -0.15) is 0 Å². The average molecular weight is 273 g/mol. The van der Waals surface area contributed by atoms with E-state index >= 15 is 0 Å². The molecule has 0 atom stereocenters. The lowest BCUT2D eigenvalue weighted by Crippen LogP contribution is -2.02. The van der Waals surface area contributed by atoms with E-state index in [0.29, 0.717) is 0 Å². The van der Waals surface area contributed by atoms with Crippen molar-refractivity contribution in [1.29, 1.82) is 0 Å². The van der Waals surface area contributed by atoms with Gasteiger partial charge < -0.3 is 5.32 Å². The number of thiophene rings is 1. The van der Waals surface area contributed by atoms with Crippen molar-refractivity contribution in [2.45, 2.75) is 32.7 Å². The summed E-state index contributed by atoms with van der Waals surface area (Å²) in [6, 6.07) is 4.18. The highest BCUT2D eigenvalue weighted by Gasteiger charge is 2.01. The lowest BCUT2D eigenvalue weighted by molar-refractivity contribution is 0.816. The molecule has 0 amide bonds. The van der Waals surface area contributed by atoms with Crippen LogP contribution in [0.1, 0.15) is 36.8 Å². The van der Waals surface area contributed by atoms with E-state index in [-0.39, 0.29) is 0 Å². The minimum Gasteiger partial charge on any atom is -0.363 e. The standard InChI is InChI=1S/C15H19N3S/c1-2-3-4-5-8-14-15(17-10-9-16-14)18-12-13-7-6-11-19-13/h5-11H,2-4,12H2,1H3,(H,17,18)/b8-5+. The molecule has 3 nitrogen and oxygen atoms in total. The van der Waals surface area contributed by atoms with Crippen molar-refractivity contribution >= 4 is 23.2 Å². The fourth-order valence-corrected chi connectivity index (χ4v) is 2.35. The molecule has 0 radical (unpaired) electrons. The van der Waals surface area contributed by atoms with Gasteiger partial charge in [-0.05, 0) is 23.9 Å². The van der Waals surface area contributed by atoms with Crippen molar-refractivity contribution in [3.05, 3.63) is 46.6 Å². The summed E-state index contributed by atoms with van der Waals surface area (Å²) in [5, 5.41) is 5.42. The van der Waals surface area contributed by atoms with Gasteiger partial charge in [0.1, 0.15) is 5.69 Å². The van der Waals surface area contributed by atoms with Crippen LogP contribution in [0, 0.1) is 0 Å². The number of anilines is 1. The van der Waals surface area contributed by atoms with Crippen LogP contribution in [0.15, 0.2) is 36.0 Å². The highest BCUT2D eigenvalue weighted by molar-refractivity contribution is 7.09. The Balaban J connectivity index is 1.97. The highest BCUT2D eigenvalue weighted by atomic mass is 32.1. The molecule has 0 aliphatic carbocycles. The molecule has 1 N–H and O–H groups in total. The Bertz CT molecular complexity index is 506. The van der Waals surface area contributed by atoms with Crippen molar-refractivity contribution in [1.82, 2.24) is 9.97 Å². The molecule has 0 saturated heterocycles. The van der Waals surface area contributed by atoms with Crippen molar-refractivity contribution in [2.24, 2.45) is 0 Å². The third-order valence-corrected chi connectivity index (χ3v) is 3.61. The first-order valence-electron chi connectivity index (χ1n) is 6.64. The monoisotopic (exact) mass is 273 g/mol. The molecular formula is C15H19N3S. The number of nitrogens with zero attached hydrogens (tertiary/aromatic N) is 2. The number of hydrogen-bond donors (Lipinski definition) is 1. The van der Waals surface area contributed by atoms with Gasteiger partial charge in [-0.15, -0.1) is 11.3 Å².